The summed E-state index contributed by atoms with van der Waals surface area (Å²) in [6, 6.07) is 9.38. The van der Waals surface area contributed by atoms with Crippen LogP contribution in [-0.2, 0) is 4.79 Å². The van der Waals surface area contributed by atoms with E-state index in [2.05, 4.69) is 43.8 Å². The van der Waals surface area contributed by atoms with E-state index >= 15 is 0 Å². The topological polar surface area (TPSA) is 38.3 Å². The largest absolute Gasteiger partial charge is 0.483 e. The van der Waals surface area contributed by atoms with Crippen molar-refractivity contribution in [2.45, 2.75) is 13.8 Å². The fourth-order valence-corrected chi connectivity index (χ4v) is 2.93. The molecule has 0 unspecified atom stereocenters. The number of carbonyl (C=O) groups excluding carboxylic acids is 1. The number of amides is 1. The summed E-state index contributed by atoms with van der Waals surface area (Å²) in [6.45, 7) is 3.74. The maximum Gasteiger partial charge on any atom is 0.262 e. The minimum Gasteiger partial charge on any atom is -0.483 e. The van der Waals surface area contributed by atoms with Crippen LogP contribution < -0.4 is 10.1 Å². The average Bonchev–Trinajstić information content (AvgIpc) is 2.50. The van der Waals surface area contributed by atoms with Crippen molar-refractivity contribution in [1.82, 2.24) is 0 Å². The molecule has 1 N–H and O–H groups in total. The number of anilines is 1. The minimum atomic E-state index is -0.210. The van der Waals surface area contributed by atoms with E-state index < -0.39 is 0 Å². The Morgan fingerprint density at radius 3 is 2.59 bits per heavy atom. The fourth-order valence-electron chi connectivity index (χ4n) is 1.88. The van der Waals surface area contributed by atoms with Crippen LogP contribution in [0.1, 0.15) is 11.1 Å². The molecule has 22 heavy (non-hydrogen) atoms. The van der Waals surface area contributed by atoms with Gasteiger partial charge in [0, 0.05) is 14.3 Å². The molecule has 0 atom stereocenters. The van der Waals surface area contributed by atoms with Crippen LogP contribution in [0.15, 0.2) is 34.8 Å². The molecule has 0 radical (unpaired) electrons. The number of nitrogens with one attached hydrogen (secondary N) is 1. The predicted molar refractivity (Wildman–Crippen MR) is 102 cm³/mol. The van der Waals surface area contributed by atoms with Gasteiger partial charge in [-0.15, -0.1) is 0 Å². The van der Waals surface area contributed by atoms with E-state index in [0.717, 1.165) is 24.9 Å². The third kappa shape index (κ3) is 4.36. The molecule has 6 heteroatoms. The van der Waals surface area contributed by atoms with Gasteiger partial charge in [-0.25, -0.2) is 0 Å². The van der Waals surface area contributed by atoms with Crippen LogP contribution in [0.2, 0.25) is 5.02 Å². The Labute approximate surface area is 156 Å². The molecular weight excluding hydrogens is 480 g/mol. The molecule has 0 fully saturated rings. The lowest BCUT2D eigenvalue weighted by Gasteiger charge is -2.13. The first-order valence-corrected chi connectivity index (χ1v) is 8.77. The number of benzene rings is 2. The molecule has 0 aliphatic rings. The van der Waals surface area contributed by atoms with E-state index in [0.29, 0.717) is 10.8 Å². The number of rotatable bonds is 4. The van der Waals surface area contributed by atoms with Crippen LogP contribution in [0, 0.1) is 17.4 Å². The third-order valence-electron chi connectivity index (χ3n) is 3.06. The number of aryl methyl sites for hydroxylation is 1. The van der Waals surface area contributed by atoms with E-state index in [1.807, 2.05) is 44.2 Å². The highest BCUT2D eigenvalue weighted by Gasteiger charge is 2.12. The Morgan fingerprint density at radius 1 is 1.32 bits per heavy atom. The first-order valence-electron chi connectivity index (χ1n) is 6.52. The van der Waals surface area contributed by atoms with E-state index in [1.54, 1.807) is 0 Å². The highest BCUT2D eigenvalue weighted by molar-refractivity contribution is 14.1. The third-order valence-corrected chi connectivity index (χ3v) is 5.34. The van der Waals surface area contributed by atoms with Gasteiger partial charge in [0.2, 0.25) is 0 Å². The molecule has 2 rings (SSSR count). The van der Waals surface area contributed by atoms with Crippen molar-refractivity contribution in [3.05, 3.63) is 54.5 Å². The lowest BCUT2D eigenvalue weighted by atomic mass is 10.1. The second-order valence-corrected chi connectivity index (χ2v) is 7.20. The van der Waals surface area contributed by atoms with Gasteiger partial charge in [0.15, 0.2) is 6.61 Å². The van der Waals surface area contributed by atoms with E-state index in [-0.39, 0.29) is 12.5 Å². The normalized spacial score (nSPS) is 10.4. The van der Waals surface area contributed by atoms with Crippen molar-refractivity contribution in [2.75, 3.05) is 11.9 Å². The summed E-state index contributed by atoms with van der Waals surface area (Å²) in [4.78, 5) is 11.9. The van der Waals surface area contributed by atoms with E-state index in [9.17, 15) is 4.79 Å². The lowest BCUT2D eigenvalue weighted by molar-refractivity contribution is -0.118. The summed E-state index contributed by atoms with van der Waals surface area (Å²) in [5.41, 5.74) is 2.56. The molecule has 0 saturated carbocycles. The summed E-state index contributed by atoms with van der Waals surface area (Å²) in [7, 11) is 0. The van der Waals surface area contributed by atoms with Crippen molar-refractivity contribution in [2.24, 2.45) is 0 Å². The van der Waals surface area contributed by atoms with Gasteiger partial charge >= 0.3 is 0 Å². The molecule has 0 saturated heterocycles. The second kappa shape index (κ2) is 7.66. The monoisotopic (exact) mass is 493 g/mol. The van der Waals surface area contributed by atoms with Gasteiger partial charge in [-0.05, 0) is 93.8 Å². The summed E-state index contributed by atoms with van der Waals surface area (Å²) in [5, 5.41) is 3.49. The van der Waals surface area contributed by atoms with Crippen molar-refractivity contribution in [3.63, 3.8) is 0 Å². The van der Waals surface area contributed by atoms with Gasteiger partial charge in [-0.2, -0.15) is 0 Å². The van der Waals surface area contributed by atoms with Crippen LogP contribution in [0.3, 0.4) is 0 Å². The fraction of sp³-hybridized carbons (Fsp3) is 0.188. The van der Waals surface area contributed by atoms with Crippen LogP contribution in [0.4, 0.5) is 5.69 Å². The average molecular weight is 495 g/mol. The Bertz CT molecular complexity index is 704. The van der Waals surface area contributed by atoms with Crippen molar-refractivity contribution in [3.8, 4) is 5.75 Å². The Balaban J connectivity index is 2.01. The summed E-state index contributed by atoms with van der Waals surface area (Å²) >= 11 is 11.8. The number of halogens is 3. The predicted octanol–water partition coefficient (Wildman–Crippen LogP) is 5.34. The molecule has 0 bridgehead atoms. The van der Waals surface area contributed by atoms with Crippen molar-refractivity contribution in [1.29, 1.82) is 0 Å². The molecule has 0 heterocycles. The zero-order valence-corrected chi connectivity index (χ0v) is 16.5. The van der Waals surface area contributed by atoms with Crippen LogP contribution in [0.5, 0.6) is 5.75 Å². The summed E-state index contributed by atoms with van der Waals surface area (Å²) in [5.74, 6) is 0.399. The van der Waals surface area contributed by atoms with Gasteiger partial charge in [0.05, 0.1) is 4.47 Å². The quantitative estimate of drug-likeness (QED) is 0.583. The number of hydrogen-bond donors (Lipinski definition) is 1. The van der Waals surface area contributed by atoms with Gasteiger partial charge < -0.3 is 10.1 Å². The Morgan fingerprint density at radius 2 is 1.95 bits per heavy atom. The van der Waals surface area contributed by atoms with Gasteiger partial charge in [-0.1, -0.05) is 11.6 Å². The molecule has 0 spiro atoms. The molecule has 1 amide bonds. The number of ether oxygens (including phenoxy) is 1. The van der Waals surface area contributed by atoms with Gasteiger partial charge in [-0.3, -0.25) is 4.79 Å². The number of carbonyl (C=O) groups is 1. The van der Waals surface area contributed by atoms with E-state index in [1.165, 1.54) is 0 Å². The molecule has 3 nitrogen and oxygen atoms in total. The highest BCUT2D eigenvalue weighted by atomic mass is 127. The van der Waals surface area contributed by atoms with Crippen LogP contribution >= 0.6 is 50.1 Å². The zero-order valence-electron chi connectivity index (χ0n) is 12.0. The highest BCUT2D eigenvalue weighted by Crippen LogP contribution is 2.35. The van der Waals surface area contributed by atoms with Crippen LogP contribution in [0.25, 0.3) is 0 Å². The summed E-state index contributed by atoms with van der Waals surface area (Å²) in [6.07, 6.45) is 0. The van der Waals surface area contributed by atoms with Crippen molar-refractivity contribution < 1.29 is 9.53 Å². The zero-order chi connectivity index (χ0) is 16.3. The molecule has 2 aromatic rings. The SMILES string of the molecule is Cc1cc(OCC(=O)Nc2ccc(I)cc2)c(Br)c(C)c1Cl. The first-order chi connectivity index (χ1) is 10.4. The maximum atomic E-state index is 11.9. The van der Waals surface area contributed by atoms with E-state index in [4.69, 9.17) is 16.3 Å². The van der Waals surface area contributed by atoms with Crippen molar-refractivity contribution >= 4 is 61.7 Å². The molecular formula is C16H14BrClINO2. The summed E-state index contributed by atoms with van der Waals surface area (Å²) < 4.78 is 7.47. The lowest BCUT2D eigenvalue weighted by Crippen LogP contribution is -2.20. The second-order valence-electron chi connectivity index (χ2n) is 4.79. The Hall–Kier alpha value is -0.790. The van der Waals surface area contributed by atoms with Crippen LogP contribution in [-0.4, -0.2) is 12.5 Å². The number of hydrogen-bond acceptors (Lipinski definition) is 2. The van der Waals surface area contributed by atoms with Gasteiger partial charge in [0.1, 0.15) is 5.75 Å². The molecule has 0 aliphatic carbocycles. The molecule has 0 aliphatic heterocycles. The smallest absolute Gasteiger partial charge is 0.262 e. The molecule has 2 aromatic carbocycles. The standard InChI is InChI=1S/C16H14BrClINO2/c1-9-7-13(15(17)10(2)16(9)18)22-8-14(21)20-12-5-3-11(19)4-6-12/h3-7H,8H2,1-2H3,(H,20,21). The first kappa shape index (κ1) is 17.6. The molecule has 116 valence electrons. The Kier molecular flexibility index (Phi) is 6.11. The maximum absolute atomic E-state index is 11.9. The molecule has 0 aromatic heterocycles. The van der Waals surface area contributed by atoms with Gasteiger partial charge in [0.25, 0.3) is 5.91 Å². The minimum absolute atomic E-state index is 0.0644.